The SMILES string of the molecule is COCCn1c(C)cc(C=NNc2nncc3ccccc23)c1C. The highest BCUT2D eigenvalue weighted by atomic mass is 16.5. The van der Waals surface area contributed by atoms with E-state index in [9.17, 15) is 0 Å². The number of hydrogen-bond acceptors (Lipinski definition) is 5. The normalized spacial score (nSPS) is 11.5. The molecule has 0 unspecified atom stereocenters. The minimum atomic E-state index is 0.651. The number of ether oxygens (including phenoxy) is 1. The topological polar surface area (TPSA) is 64.3 Å². The molecule has 2 aromatic heterocycles. The van der Waals surface area contributed by atoms with Gasteiger partial charge in [0.2, 0.25) is 0 Å². The summed E-state index contributed by atoms with van der Waals surface area (Å²) in [6.07, 6.45) is 3.56. The van der Waals surface area contributed by atoms with Gasteiger partial charge in [-0.1, -0.05) is 24.3 Å². The van der Waals surface area contributed by atoms with Crippen LogP contribution in [0.5, 0.6) is 0 Å². The highest BCUT2D eigenvalue weighted by Gasteiger charge is 2.07. The first-order chi connectivity index (χ1) is 11.7. The molecule has 0 fully saturated rings. The van der Waals surface area contributed by atoms with Crippen LogP contribution in [0, 0.1) is 13.8 Å². The van der Waals surface area contributed by atoms with Gasteiger partial charge in [-0.3, -0.25) is 5.43 Å². The third-order valence-corrected chi connectivity index (χ3v) is 4.08. The summed E-state index contributed by atoms with van der Waals surface area (Å²) < 4.78 is 7.39. The highest BCUT2D eigenvalue weighted by Crippen LogP contribution is 2.19. The monoisotopic (exact) mass is 323 g/mol. The number of aryl methyl sites for hydroxylation is 1. The molecule has 1 aromatic carbocycles. The quantitative estimate of drug-likeness (QED) is 0.559. The van der Waals surface area contributed by atoms with Crippen LogP contribution >= 0.6 is 0 Å². The molecule has 6 nitrogen and oxygen atoms in total. The maximum atomic E-state index is 5.16. The summed E-state index contributed by atoms with van der Waals surface area (Å²) in [5.74, 6) is 0.651. The van der Waals surface area contributed by atoms with Gasteiger partial charge in [0.25, 0.3) is 0 Å². The van der Waals surface area contributed by atoms with Gasteiger partial charge in [0, 0.05) is 41.4 Å². The maximum Gasteiger partial charge on any atom is 0.176 e. The average molecular weight is 323 g/mol. The lowest BCUT2D eigenvalue weighted by atomic mass is 10.2. The Hall–Kier alpha value is -2.73. The van der Waals surface area contributed by atoms with Gasteiger partial charge in [-0.25, -0.2) is 0 Å². The number of methoxy groups -OCH3 is 1. The Balaban J connectivity index is 1.79. The van der Waals surface area contributed by atoms with E-state index in [1.807, 2.05) is 30.5 Å². The molecule has 0 aliphatic heterocycles. The number of nitrogens with one attached hydrogen (secondary N) is 1. The van der Waals surface area contributed by atoms with Gasteiger partial charge in [0.15, 0.2) is 5.82 Å². The molecule has 0 radical (unpaired) electrons. The summed E-state index contributed by atoms with van der Waals surface area (Å²) in [6, 6.07) is 10.1. The number of aromatic nitrogens is 3. The van der Waals surface area contributed by atoms with E-state index in [0.29, 0.717) is 12.4 Å². The lowest BCUT2D eigenvalue weighted by molar-refractivity contribution is 0.186. The second kappa shape index (κ2) is 7.23. The first-order valence-corrected chi connectivity index (χ1v) is 7.86. The lowest BCUT2D eigenvalue weighted by Crippen LogP contribution is -2.07. The predicted molar refractivity (Wildman–Crippen MR) is 96.5 cm³/mol. The Morgan fingerprint density at radius 3 is 2.96 bits per heavy atom. The van der Waals surface area contributed by atoms with Crippen LogP contribution in [0.4, 0.5) is 5.82 Å². The van der Waals surface area contributed by atoms with Crippen molar-refractivity contribution in [1.29, 1.82) is 0 Å². The van der Waals surface area contributed by atoms with Crippen molar-refractivity contribution in [3.05, 3.63) is 53.5 Å². The molecule has 0 atom stereocenters. The van der Waals surface area contributed by atoms with E-state index < -0.39 is 0 Å². The van der Waals surface area contributed by atoms with Crippen molar-refractivity contribution in [2.45, 2.75) is 20.4 Å². The Kier molecular flexibility index (Phi) is 4.86. The fourth-order valence-corrected chi connectivity index (χ4v) is 2.76. The van der Waals surface area contributed by atoms with E-state index in [4.69, 9.17) is 4.74 Å². The minimum Gasteiger partial charge on any atom is -0.383 e. The first kappa shape index (κ1) is 16.1. The smallest absolute Gasteiger partial charge is 0.176 e. The summed E-state index contributed by atoms with van der Waals surface area (Å²) in [5.41, 5.74) is 6.43. The zero-order valence-corrected chi connectivity index (χ0v) is 14.2. The van der Waals surface area contributed by atoms with Gasteiger partial charge in [-0.2, -0.15) is 10.2 Å². The van der Waals surface area contributed by atoms with Gasteiger partial charge < -0.3 is 9.30 Å². The van der Waals surface area contributed by atoms with Crippen LogP contribution in [0.3, 0.4) is 0 Å². The zero-order valence-electron chi connectivity index (χ0n) is 14.2. The van der Waals surface area contributed by atoms with Crippen LogP contribution < -0.4 is 5.43 Å². The van der Waals surface area contributed by atoms with Crippen LogP contribution in [0.2, 0.25) is 0 Å². The summed E-state index contributed by atoms with van der Waals surface area (Å²) >= 11 is 0. The Morgan fingerprint density at radius 1 is 1.29 bits per heavy atom. The molecule has 2 heterocycles. The summed E-state index contributed by atoms with van der Waals surface area (Å²) in [6.45, 7) is 5.70. The number of benzene rings is 1. The average Bonchev–Trinajstić information content (AvgIpc) is 2.87. The summed E-state index contributed by atoms with van der Waals surface area (Å²) in [7, 11) is 1.71. The molecule has 0 spiro atoms. The van der Waals surface area contributed by atoms with Crippen molar-refractivity contribution in [3.63, 3.8) is 0 Å². The van der Waals surface area contributed by atoms with Crippen LogP contribution in [0.15, 0.2) is 41.6 Å². The second-order valence-electron chi connectivity index (χ2n) is 5.62. The van der Waals surface area contributed by atoms with E-state index in [2.05, 4.69) is 45.2 Å². The number of fused-ring (bicyclic) bond motifs is 1. The number of anilines is 1. The minimum absolute atomic E-state index is 0.651. The Labute approximate surface area is 141 Å². The summed E-state index contributed by atoms with van der Waals surface area (Å²) in [5, 5.41) is 14.5. The van der Waals surface area contributed by atoms with E-state index in [1.165, 1.54) is 11.4 Å². The molecule has 0 aliphatic rings. The molecule has 6 heteroatoms. The molecule has 0 saturated heterocycles. The Bertz CT molecular complexity index is 864. The van der Waals surface area contributed by atoms with Gasteiger partial charge in [-0.05, 0) is 19.9 Å². The van der Waals surface area contributed by atoms with Gasteiger partial charge >= 0.3 is 0 Å². The summed E-state index contributed by atoms with van der Waals surface area (Å²) in [4.78, 5) is 0. The number of hydrazone groups is 1. The molecular weight excluding hydrogens is 302 g/mol. The molecule has 3 aromatic rings. The maximum absolute atomic E-state index is 5.16. The van der Waals surface area contributed by atoms with E-state index in [-0.39, 0.29) is 0 Å². The van der Waals surface area contributed by atoms with Crippen LogP contribution in [-0.2, 0) is 11.3 Å². The lowest BCUT2D eigenvalue weighted by Gasteiger charge is -2.08. The third kappa shape index (κ3) is 3.28. The third-order valence-electron chi connectivity index (χ3n) is 4.08. The van der Waals surface area contributed by atoms with Crippen LogP contribution in [0.1, 0.15) is 17.0 Å². The van der Waals surface area contributed by atoms with Gasteiger partial charge in [0.1, 0.15) is 0 Å². The molecule has 24 heavy (non-hydrogen) atoms. The number of nitrogens with zero attached hydrogens (tertiary/aromatic N) is 4. The molecule has 0 saturated carbocycles. The van der Waals surface area contributed by atoms with Crippen molar-refractivity contribution >= 4 is 22.8 Å². The van der Waals surface area contributed by atoms with Gasteiger partial charge in [0.05, 0.1) is 19.0 Å². The molecule has 0 aliphatic carbocycles. The van der Waals surface area contributed by atoms with Crippen molar-refractivity contribution in [2.24, 2.45) is 5.10 Å². The molecule has 0 amide bonds. The Morgan fingerprint density at radius 2 is 2.12 bits per heavy atom. The van der Waals surface area contributed by atoms with Crippen molar-refractivity contribution < 1.29 is 4.74 Å². The molecule has 3 rings (SSSR count). The second-order valence-corrected chi connectivity index (χ2v) is 5.62. The molecule has 0 bridgehead atoms. The van der Waals surface area contributed by atoms with E-state index in [0.717, 1.165) is 22.9 Å². The fraction of sp³-hybridized carbons (Fsp3) is 0.278. The van der Waals surface area contributed by atoms with Gasteiger partial charge in [-0.15, -0.1) is 5.10 Å². The number of hydrogen-bond donors (Lipinski definition) is 1. The molecule has 124 valence electrons. The standard InChI is InChI=1S/C18H21N5O/c1-13-10-16(14(2)23(13)8-9-24-3)12-20-22-18-17-7-5-4-6-15(17)11-19-21-18/h4-7,10-12H,8-9H2,1-3H3,(H,21,22). The fourth-order valence-electron chi connectivity index (χ4n) is 2.76. The van der Waals surface area contributed by atoms with Crippen LogP contribution in [0.25, 0.3) is 10.8 Å². The van der Waals surface area contributed by atoms with Crippen molar-refractivity contribution in [2.75, 3.05) is 19.1 Å². The highest BCUT2D eigenvalue weighted by molar-refractivity contribution is 5.91. The van der Waals surface area contributed by atoms with E-state index in [1.54, 1.807) is 13.3 Å². The molecule has 1 N–H and O–H groups in total. The van der Waals surface area contributed by atoms with Crippen molar-refractivity contribution in [3.8, 4) is 0 Å². The largest absolute Gasteiger partial charge is 0.383 e. The first-order valence-electron chi connectivity index (χ1n) is 7.86. The predicted octanol–water partition coefficient (Wildman–Crippen LogP) is 3.14. The zero-order chi connectivity index (χ0) is 16.9. The van der Waals surface area contributed by atoms with Crippen molar-refractivity contribution in [1.82, 2.24) is 14.8 Å². The number of rotatable bonds is 6. The van der Waals surface area contributed by atoms with E-state index >= 15 is 0 Å². The molecular formula is C18H21N5O. The van der Waals surface area contributed by atoms with Crippen LogP contribution in [-0.4, -0.2) is 34.7 Å².